The smallest absolute Gasteiger partial charge is 0.335 e. The van der Waals surface area contributed by atoms with Gasteiger partial charge in [0.2, 0.25) is 0 Å². The summed E-state index contributed by atoms with van der Waals surface area (Å²) in [5.74, 6) is 1.28. The maximum atomic E-state index is 10.5. The van der Waals surface area contributed by atoms with Crippen molar-refractivity contribution < 1.29 is 9.90 Å². The van der Waals surface area contributed by atoms with Gasteiger partial charge in [-0.15, -0.1) is 6.42 Å². The summed E-state index contributed by atoms with van der Waals surface area (Å²) in [6, 6.07) is 4.28. The minimum absolute atomic E-state index is 0.107. The second-order valence-corrected chi connectivity index (χ2v) is 2.61. The molecule has 0 atom stereocenters. The summed E-state index contributed by atoms with van der Waals surface area (Å²) >= 11 is 5.61. The van der Waals surface area contributed by atoms with Crippen molar-refractivity contribution in [3.05, 3.63) is 34.3 Å². The molecule has 3 heteroatoms. The van der Waals surface area contributed by atoms with E-state index in [0.29, 0.717) is 10.6 Å². The quantitative estimate of drug-likeness (QED) is 0.672. The highest BCUT2D eigenvalue weighted by Crippen LogP contribution is 2.14. The fourth-order valence-electron chi connectivity index (χ4n) is 0.796. The van der Waals surface area contributed by atoms with Gasteiger partial charge < -0.3 is 5.11 Å². The lowest BCUT2D eigenvalue weighted by molar-refractivity contribution is 0.0697. The second kappa shape index (κ2) is 3.29. The molecule has 60 valence electrons. The van der Waals surface area contributed by atoms with Crippen LogP contribution >= 0.6 is 11.6 Å². The molecule has 0 fully saturated rings. The van der Waals surface area contributed by atoms with Gasteiger partial charge in [-0.05, 0) is 18.2 Å². The maximum absolute atomic E-state index is 10.5. The van der Waals surface area contributed by atoms with Gasteiger partial charge in [0.25, 0.3) is 0 Å². The normalized spacial score (nSPS) is 9.00. The van der Waals surface area contributed by atoms with E-state index in [0.717, 1.165) is 0 Å². The van der Waals surface area contributed by atoms with Crippen LogP contribution in [0.3, 0.4) is 0 Å². The molecular formula is C9H5ClO2. The predicted molar refractivity (Wildman–Crippen MR) is 46.3 cm³/mol. The minimum atomic E-state index is -1.03. The third kappa shape index (κ3) is 1.77. The van der Waals surface area contributed by atoms with E-state index in [1.54, 1.807) is 0 Å². The van der Waals surface area contributed by atoms with Crippen molar-refractivity contribution in [3.63, 3.8) is 0 Å². The summed E-state index contributed by atoms with van der Waals surface area (Å²) < 4.78 is 0. The van der Waals surface area contributed by atoms with E-state index in [1.165, 1.54) is 18.2 Å². The largest absolute Gasteiger partial charge is 0.478 e. The number of carbonyl (C=O) groups is 1. The Morgan fingerprint density at radius 1 is 1.50 bits per heavy atom. The summed E-state index contributed by atoms with van der Waals surface area (Å²) in [5, 5.41) is 8.94. The summed E-state index contributed by atoms with van der Waals surface area (Å²) in [6.45, 7) is 0. The highest BCUT2D eigenvalue weighted by atomic mass is 35.5. The first-order chi connectivity index (χ1) is 5.63. The molecule has 0 aliphatic carbocycles. The first kappa shape index (κ1) is 8.63. The Bertz CT molecular complexity index is 363. The Kier molecular flexibility index (Phi) is 2.37. The fraction of sp³-hybridized carbons (Fsp3) is 0. The monoisotopic (exact) mass is 180 g/mol. The van der Waals surface area contributed by atoms with Crippen molar-refractivity contribution in [2.45, 2.75) is 0 Å². The maximum Gasteiger partial charge on any atom is 0.335 e. The van der Waals surface area contributed by atoms with Gasteiger partial charge in [0, 0.05) is 10.6 Å². The van der Waals surface area contributed by atoms with Crippen LogP contribution in [0.15, 0.2) is 18.2 Å². The van der Waals surface area contributed by atoms with Gasteiger partial charge in [-0.2, -0.15) is 0 Å². The number of terminal acetylenes is 1. The molecule has 1 N–H and O–H groups in total. The Balaban J connectivity index is 3.26. The summed E-state index contributed by atoms with van der Waals surface area (Å²) in [5.41, 5.74) is 0.579. The van der Waals surface area contributed by atoms with Crippen molar-refractivity contribution in [2.75, 3.05) is 0 Å². The van der Waals surface area contributed by atoms with E-state index >= 15 is 0 Å². The summed E-state index contributed by atoms with van der Waals surface area (Å²) in [7, 11) is 0. The van der Waals surface area contributed by atoms with E-state index in [2.05, 4.69) is 5.92 Å². The molecule has 1 aromatic carbocycles. The van der Waals surface area contributed by atoms with Gasteiger partial charge in [0.1, 0.15) is 0 Å². The number of carboxylic acids is 1. The molecule has 0 aliphatic rings. The number of aromatic carboxylic acids is 1. The number of hydrogen-bond acceptors (Lipinski definition) is 1. The van der Waals surface area contributed by atoms with Gasteiger partial charge in [-0.1, -0.05) is 17.5 Å². The standard InChI is InChI=1S/C9H5ClO2/c1-2-6-3-7(9(11)12)5-8(10)4-6/h1,3-5H,(H,11,12). The highest BCUT2D eigenvalue weighted by Gasteiger charge is 2.04. The number of carboxylic acid groups (broad SMARTS) is 1. The zero-order valence-corrected chi connectivity index (χ0v) is 6.80. The van der Waals surface area contributed by atoms with Gasteiger partial charge in [0.15, 0.2) is 0 Å². The molecule has 0 aliphatic heterocycles. The number of rotatable bonds is 1. The van der Waals surface area contributed by atoms with E-state index < -0.39 is 5.97 Å². The van der Waals surface area contributed by atoms with Crippen LogP contribution in [0.2, 0.25) is 5.02 Å². The molecule has 2 nitrogen and oxygen atoms in total. The van der Waals surface area contributed by atoms with Crippen molar-refractivity contribution in [3.8, 4) is 12.3 Å². The lowest BCUT2D eigenvalue weighted by Gasteiger charge is -1.96. The third-order valence-corrected chi connectivity index (χ3v) is 1.53. The molecule has 0 saturated carbocycles. The van der Waals surface area contributed by atoms with Gasteiger partial charge >= 0.3 is 5.97 Å². The second-order valence-electron chi connectivity index (χ2n) is 2.18. The molecule has 0 aromatic heterocycles. The summed E-state index contributed by atoms with van der Waals surface area (Å²) in [4.78, 5) is 10.5. The van der Waals surface area contributed by atoms with Crippen molar-refractivity contribution in [1.82, 2.24) is 0 Å². The molecule has 0 heterocycles. The van der Waals surface area contributed by atoms with E-state index in [-0.39, 0.29) is 5.56 Å². The lowest BCUT2D eigenvalue weighted by atomic mass is 10.1. The van der Waals surface area contributed by atoms with Crippen LogP contribution in [0.5, 0.6) is 0 Å². The molecule has 0 spiro atoms. The van der Waals surface area contributed by atoms with Crippen molar-refractivity contribution in [2.24, 2.45) is 0 Å². The SMILES string of the molecule is C#Cc1cc(Cl)cc(C(=O)O)c1. The molecule has 1 rings (SSSR count). The molecule has 0 unspecified atom stereocenters. The van der Waals surface area contributed by atoms with Gasteiger partial charge in [0.05, 0.1) is 5.56 Å². The molecule has 1 aromatic rings. The molecule has 12 heavy (non-hydrogen) atoms. The first-order valence-corrected chi connectivity index (χ1v) is 3.52. The van der Waals surface area contributed by atoms with Crippen LogP contribution in [0.1, 0.15) is 15.9 Å². The van der Waals surface area contributed by atoms with Crippen LogP contribution in [-0.2, 0) is 0 Å². The van der Waals surface area contributed by atoms with Crippen LogP contribution in [0.25, 0.3) is 0 Å². The van der Waals surface area contributed by atoms with Crippen molar-refractivity contribution >= 4 is 17.6 Å². The van der Waals surface area contributed by atoms with E-state index in [1.807, 2.05) is 0 Å². The highest BCUT2D eigenvalue weighted by molar-refractivity contribution is 6.31. The zero-order chi connectivity index (χ0) is 9.14. The number of halogens is 1. The van der Waals surface area contributed by atoms with Crippen LogP contribution < -0.4 is 0 Å². The lowest BCUT2D eigenvalue weighted by Crippen LogP contribution is -1.96. The van der Waals surface area contributed by atoms with Gasteiger partial charge in [-0.25, -0.2) is 4.79 Å². The Morgan fingerprint density at radius 2 is 2.17 bits per heavy atom. The van der Waals surface area contributed by atoms with Crippen LogP contribution in [0, 0.1) is 12.3 Å². The summed E-state index contributed by atoms with van der Waals surface area (Å²) in [6.07, 6.45) is 5.09. The van der Waals surface area contributed by atoms with Gasteiger partial charge in [-0.3, -0.25) is 0 Å². The Morgan fingerprint density at radius 3 is 2.67 bits per heavy atom. The van der Waals surface area contributed by atoms with E-state index in [4.69, 9.17) is 23.1 Å². The Labute approximate surface area is 74.8 Å². The molecular weight excluding hydrogens is 176 g/mol. The molecule has 0 amide bonds. The average Bonchev–Trinajstić information content (AvgIpc) is 2.03. The zero-order valence-electron chi connectivity index (χ0n) is 6.04. The number of benzene rings is 1. The third-order valence-electron chi connectivity index (χ3n) is 1.31. The predicted octanol–water partition coefficient (Wildman–Crippen LogP) is 2.02. The fourth-order valence-corrected chi connectivity index (χ4v) is 1.03. The number of hydrogen-bond donors (Lipinski definition) is 1. The minimum Gasteiger partial charge on any atom is -0.478 e. The average molecular weight is 181 g/mol. The molecule has 0 saturated heterocycles. The first-order valence-electron chi connectivity index (χ1n) is 3.14. The topological polar surface area (TPSA) is 37.3 Å². The van der Waals surface area contributed by atoms with Crippen molar-refractivity contribution in [1.29, 1.82) is 0 Å². The molecule has 0 radical (unpaired) electrons. The Hall–Kier alpha value is -1.46. The molecule has 0 bridgehead atoms. The van der Waals surface area contributed by atoms with Crippen LogP contribution in [-0.4, -0.2) is 11.1 Å². The van der Waals surface area contributed by atoms with Crippen LogP contribution in [0.4, 0.5) is 0 Å². The van der Waals surface area contributed by atoms with E-state index in [9.17, 15) is 4.79 Å².